The summed E-state index contributed by atoms with van der Waals surface area (Å²) in [7, 11) is -1.70. The Morgan fingerprint density at radius 3 is 2.67 bits per heavy atom. The van der Waals surface area contributed by atoms with E-state index in [-0.39, 0.29) is 17.3 Å². The highest BCUT2D eigenvalue weighted by molar-refractivity contribution is 7.85. The Hall–Kier alpha value is -1.30. The summed E-state index contributed by atoms with van der Waals surface area (Å²) in [4.78, 5) is 11.2. The van der Waals surface area contributed by atoms with E-state index in [9.17, 15) is 17.8 Å². The van der Waals surface area contributed by atoms with Gasteiger partial charge in [-0.3, -0.25) is 9.00 Å². The van der Waals surface area contributed by atoms with Gasteiger partial charge in [0, 0.05) is 11.8 Å². The van der Waals surface area contributed by atoms with Crippen molar-refractivity contribution in [2.45, 2.75) is 18.7 Å². The van der Waals surface area contributed by atoms with E-state index in [4.69, 9.17) is 4.74 Å². The van der Waals surface area contributed by atoms with Crippen LogP contribution in [0.1, 0.15) is 13.8 Å². The Balaban J connectivity index is 2.73. The fourth-order valence-corrected chi connectivity index (χ4v) is 2.60. The molecule has 0 aliphatic rings. The highest BCUT2D eigenvalue weighted by Crippen LogP contribution is 2.16. The Bertz CT molecular complexity index is 463. The van der Waals surface area contributed by atoms with Gasteiger partial charge in [-0.05, 0) is 19.1 Å². The topological polar surface area (TPSA) is 43.4 Å². The van der Waals surface area contributed by atoms with E-state index in [2.05, 4.69) is 0 Å². The minimum Gasteiger partial charge on any atom is -0.466 e. The predicted molar refractivity (Wildman–Crippen MR) is 63.4 cm³/mol. The summed E-state index contributed by atoms with van der Waals surface area (Å²) >= 11 is 0. The van der Waals surface area contributed by atoms with Gasteiger partial charge >= 0.3 is 5.97 Å². The molecule has 0 aromatic heterocycles. The summed E-state index contributed by atoms with van der Waals surface area (Å²) in [5.74, 6) is -2.74. The van der Waals surface area contributed by atoms with E-state index in [0.29, 0.717) is 6.07 Å². The number of ether oxygens (including phenoxy) is 1. The average Bonchev–Trinajstić information content (AvgIpc) is 2.28. The smallest absolute Gasteiger partial charge is 0.309 e. The van der Waals surface area contributed by atoms with Crippen LogP contribution in [0.2, 0.25) is 0 Å². The molecule has 0 amide bonds. The third-order valence-electron chi connectivity index (χ3n) is 2.23. The van der Waals surface area contributed by atoms with Crippen LogP contribution >= 0.6 is 0 Å². The van der Waals surface area contributed by atoms with Gasteiger partial charge in [-0.15, -0.1) is 0 Å². The maximum absolute atomic E-state index is 13.4. The largest absolute Gasteiger partial charge is 0.466 e. The summed E-state index contributed by atoms with van der Waals surface area (Å²) in [5.41, 5.74) is 0. The van der Waals surface area contributed by atoms with Gasteiger partial charge in [-0.2, -0.15) is 0 Å². The normalized spacial score (nSPS) is 14.0. The predicted octanol–water partition coefficient (Wildman–Crippen LogP) is 2.27. The van der Waals surface area contributed by atoms with Crippen LogP contribution in [-0.4, -0.2) is 22.5 Å². The van der Waals surface area contributed by atoms with Crippen molar-refractivity contribution in [2.75, 3.05) is 12.4 Å². The lowest BCUT2D eigenvalue weighted by Crippen LogP contribution is -2.21. The van der Waals surface area contributed by atoms with Crippen molar-refractivity contribution < 1.29 is 22.5 Å². The first-order valence-corrected chi connectivity index (χ1v) is 6.77. The van der Waals surface area contributed by atoms with Crippen LogP contribution in [0.25, 0.3) is 0 Å². The van der Waals surface area contributed by atoms with Crippen molar-refractivity contribution in [1.29, 1.82) is 0 Å². The van der Waals surface area contributed by atoms with Crippen molar-refractivity contribution in [2.24, 2.45) is 5.92 Å². The first-order chi connectivity index (χ1) is 8.45. The van der Waals surface area contributed by atoms with Crippen molar-refractivity contribution in [1.82, 2.24) is 0 Å². The molecule has 0 saturated carbocycles. The lowest BCUT2D eigenvalue weighted by atomic mass is 10.2. The fraction of sp³-hybridized carbons (Fsp3) is 0.417. The zero-order valence-corrected chi connectivity index (χ0v) is 10.9. The molecule has 0 saturated heterocycles. The SMILES string of the molecule is CCOC(=O)C(C)CS(=O)c1ccc(F)cc1F. The molecular formula is C12H14F2O3S. The molecule has 100 valence electrons. The van der Waals surface area contributed by atoms with Crippen LogP contribution in [0.4, 0.5) is 8.78 Å². The van der Waals surface area contributed by atoms with Gasteiger partial charge in [0.2, 0.25) is 0 Å². The minimum atomic E-state index is -1.70. The maximum Gasteiger partial charge on any atom is 0.309 e. The number of carbonyl (C=O) groups is 1. The summed E-state index contributed by atoms with van der Waals surface area (Å²) in [6, 6.07) is 2.83. The van der Waals surface area contributed by atoms with Gasteiger partial charge in [0.05, 0.1) is 28.2 Å². The van der Waals surface area contributed by atoms with E-state index in [1.54, 1.807) is 13.8 Å². The van der Waals surface area contributed by atoms with Crippen LogP contribution in [0.15, 0.2) is 23.1 Å². The molecule has 1 aromatic rings. The standard InChI is InChI=1S/C12H14F2O3S/c1-3-17-12(15)8(2)7-18(16)11-5-4-9(13)6-10(11)14/h4-6,8H,3,7H2,1-2H3. The summed E-state index contributed by atoms with van der Waals surface area (Å²) < 4.78 is 42.6. The lowest BCUT2D eigenvalue weighted by Gasteiger charge is -2.10. The second-order valence-corrected chi connectivity index (χ2v) is 5.20. The zero-order chi connectivity index (χ0) is 13.7. The van der Waals surface area contributed by atoms with Gasteiger partial charge < -0.3 is 4.74 Å². The number of halogens is 2. The Morgan fingerprint density at radius 1 is 1.44 bits per heavy atom. The number of carbonyl (C=O) groups excluding carboxylic acids is 1. The number of hydrogen-bond acceptors (Lipinski definition) is 3. The Kier molecular flexibility index (Phi) is 5.40. The van der Waals surface area contributed by atoms with Crippen LogP contribution in [0.5, 0.6) is 0 Å². The van der Waals surface area contributed by atoms with Gasteiger partial charge in [0.25, 0.3) is 0 Å². The highest BCUT2D eigenvalue weighted by Gasteiger charge is 2.20. The average molecular weight is 276 g/mol. The third-order valence-corrected chi connectivity index (χ3v) is 3.85. The van der Waals surface area contributed by atoms with E-state index in [0.717, 1.165) is 12.1 Å². The van der Waals surface area contributed by atoms with Gasteiger partial charge in [-0.1, -0.05) is 6.92 Å². The molecule has 18 heavy (non-hydrogen) atoms. The first-order valence-electron chi connectivity index (χ1n) is 5.45. The Labute approximate surface area is 107 Å². The van der Waals surface area contributed by atoms with Crippen molar-refractivity contribution in [3.05, 3.63) is 29.8 Å². The molecule has 2 atom stereocenters. The summed E-state index contributed by atoms with van der Waals surface area (Å²) in [5, 5.41) is 0. The molecule has 6 heteroatoms. The second kappa shape index (κ2) is 6.58. The molecule has 1 aromatic carbocycles. The van der Waals surface area contributed by atoms with Gasteiger partial charge in [-0.25, -0.2) is 8.78 Å². The fourth-order valence-electron chi connectivity index (χ4n) is 1.33. The molecule has 1 rings (SSSR count). The van der Waals surface area contributed by atoms with Crippen LogP contribution in [-0.2, 0) is 20.3 Å². The zero-order valence-electron chi connectivity index (χ0n) is 10.1. The molecule has 2 unspecified atom stereocenters. The number of benzene rings is 1. The molecule has 3 nitrogen and oxygen atoms in total. The third kappa shape index (κ3) is 3.87. The van der Waals surface area contributed by atoms with Crippen LogP contribution in [0, 0.1) is 17.6 Å². The van der Waals surface area contributed by atoms with E-state index >= 15 is 0 Å². The van der Waals surface area contributed by atoms with E-state index in [1.165, 1.54) is 0 Å². The molecular weight excluding hydrogens is 262 g/mol. The van der Waals surface area contributed by atoms with Gasteiger partial charge in [0.1, 0.15) is 11.6 Å². The Morgan fingerprint density at radius 2 is 2.11 bits per heavy atom. The van der Waals surface area contributed by atoms with Crippen LogP contribution in [0.3, 0.4) is 0 Å². The number of rotatable bonds is 5. The molecule has 0 spiro atoms. The lowest BCUT2D eigenvalue weighted by molar-refractivity contribution is -0.146. The van der Waals surface area contributed by atoms with Crippen molar-refractivity contribution >= 4 is 16.8 Å². The van der Waals surface area contributed by atoms with E-state index < -0.39 is 34.3 Å². The molecule has 0 heterocycles. The molecule has 0 N–H and O–H groups in total. The molecule has 0 fully saturated rings. The highest BCUT2D eigenvalue weighted by atomic mass is 32.2. The van der Waals surface area contributed by atoms with E-state index in [1.807, 2.05) is 0 Å². The van der Waals surface area contributed by atoms with Crippen LogP contribution < -0.4 is 0 Å². The summed E-state index contributed by atoms with van der Waals surface area (Å²) in [6.07, 6.45) is 0. The number of esters is 1. The minimum absolute atomic E-state index is 0.0542. The molecule has 0 aliphatic heterocycles. The quantitative estimate of drug-likeness (QED) is 0.775. The van der Waals surface area contributed by atoms with Crippen molar-refractivity contribution in [3.63, 3.8) is 0 Å². The van der Waals surface area contributed by atoms with Crippen molar-refractivity contribution in [3.8, 4) is 0 Å². The second-order valence-electron chi connectivity index (χ2n) is 3.74. The molecule has 0 bridgehead atoms. The molecule has 0 aliphatic carbocycles. The molecule has 0 radical (unpaired) electrons. The first kappa shape index (κ1) is 14.8. The number of hydrogen-bond donors (Lipinski definition) is 0. The van der Waals surface area contributed by atoms with Gasteiger partial charge in [0.15, 0.2) is 0 Å². The maximum atomic E-state index is 13.4. The summed E-state index contributed by atoms with van der Waals surface area (Å²) in [6.45, 7) is 3.46. The monoisotopic (exact) mass is 276 g/mol.